The average molecular weight is 338 g/mol. The molecule has 1 saturated heterocycles. The van der Waals surface area contributed by atoms with Crippen molar-refractivity contribution in [1.82, 2.24) is 10.2 Å². The molecule has 134 valence electrons. The van der Waals surface area contributed by atoms with E-state index in [0.29, 0.717) is 37.6 Å². The number of hydrogen-bond acceptors (Lipinski definition) is 6. The molecule has 1 aromatic carbocycles. The standard InChI is InChI=1S/C17H26N2O5/c1-23-14-6-3-5-13(15(14)24-2)11-19-9-4-7-17(22,16(19)21)12-18-8-10-20/h3,5-6,18,20,22H,4,7-12H2,1-2H3/t17-/m0/s1. The van der Waals surface area contributed by atoms with Crippen molar-refractivity contribution in [3.05, 3.63) is 23.8 Å². The molecule has 0 saturated carbocycles. The lowest BCUT2D eigenvalue weighted by atomic mass is 9.91. The van der Waals surface area contributed by atoms with Crippen LogP contribution in [0.1, 0.15) is 18.4 Å². The molecule has 1 fully saturated rings. The molecular formula is C17H26N2O5. The first-order valence-corrected chi connectivity index (χ1v) is 8.09. The van der Waals surface area contributed by atoms with Crippen LogP contribution in [0.2, 0.25) is 0 Å². The van der Waals surface area contributed by atoms with Crippen LogP contribution in [0.25, 0.3) is 0 Å². The molecule has 1 amide bonds. The third-order valence-electron chi connectivity index (χ3n) is 4.26. The number of para-hydroxylation sites is 1. The van der Waals surface area contributed by atoms with Crippen LogP contribution in [0.4, 0.5) is 0 Å². The maximum absolute atomic E-state index is 12.7. The van der Waals surface area contributed by atoms with Gasteiger partial charge in [-0.25, -0.2) is 0 Å². The van der Waals surface area contributed by atoms with Gasteiger partial charge in [0, 0.05) is 31.7 Å². The summed E-state index contributed by atoms with van der Waals surface area (Å²) in [5.74, 6) is 0.906. The smallest absolute Gasteiger partial charge is 0.256 e. The molecule has 7 heteroatoms. The summed E-state index contributed by atoms with van der Waals surface area (Å²) in [7, 11) is 3.13. The number of methoxy groups -OCH3 is 2. The Balaban J connectivity index is 2.13. The Morgan fingerprint density at radius 3 is 2.79 bits per heavy atom. The van der Waals surface area contributed by atoms with E-state index in [4.69, 9.17) is 14.6 Å². The topological polar surface area (TPSA) is 91.3 Å². The van der Waals surface area contributed by atoms with Gasteiger partial charge in [0.05, 0.1) is 20.8 Å². The number of hydrogen-bond donors (Lipinski definition) is 3. The summed E-state index contributed by atoms with van der Waals surface area (Å²) in [6, 6.07) is 5.53. The number of amides is 1. The van der Waals surface area contributed by atoms with Crippen molar-refractivity contribution in [2.45, 2.75) is 25.0 Å². The lowest BCUT2D eigenvalue weighted by Crippen LogP contribution is -2.57. The number of likely N-dealkylation sites (tertiary alicyclic amines) is 1. The van der Waals surface area contributed by atoms with E-state index in [1.165, 1.54) is 0 Å². The minimum Gasteiger partial charge on any atom is -0.493 e. The van der Waals surface area contributed by atoms with Crippen molar-refractivity contribution in [2.24, 2.45) is 0 Å². The molecule has 0 radical (unpaired) electrons. The number of ether oxygens (including phenoxy) is 2. The zero-order valence-corrected chi connectivity index (χ0v) is 14.2. The third kappa shape index (κ3) is 3.98. The summed E-state index contributed by atoms with van der Waals surface area (Å²) >= 11 is 0. The van der Waals surface area contributed by atoms with Gasteiger partial charge < -0.3 is 29.9 Å². The third-order valence-corrected chi connectivity index (χ3v) is 4.26. The molecule has 0 bridgehead atoms. The van der Waals surface area contributed by atoms with Crippen LogP contribution in [-0.4, -0.2) is 67.1 Å². The van der Waals surface area contributed by atoms with Crippen LogP contribution in [0.3, 0.4) is 0 Å². The first-order chi connectivity index (χ1) is 11.6. The molecule has 1 atom stereocenters. The van der Waals surface area contributed by atoms with Gasteiger partial charge in [-0.1, -0.05) is 12.1 Å². The summed E-state index contributed by atoms with van der Waals surface area (Å²) < 4.78 is 10.7. The van der Waals surface area contributed by atoms with Gasteiger partial charge in [0.1, 0.15) is 0 Å². The van der Waals surface area contributed by atoms with Crippen molar-refractivity contribution in [2.75, 3.05) is 40.5 Å². The summed E-state index contributed by atoms with van der Waals surface area (Å²) in [5.41, 5.74) is -0.600. The van der Waals surface area contributed by atoms with Gasteiger partial charge in [0.15, 0.2) is 17.1 Å². The van der Waals surface area contributed by atoms with Crippen molar-refractivity contribution >= 4 is 5.91 Å². The highest BCUT2D eigenvalue weighted by atomic mass is 16.5. The number of aliphatic hydroxyl groups excluding tert-OH is 1. The fourth-order valence-electron chi connectivity index (χ4n) is 3.04. The van der Waals surface area contributed by atoms with E-state index in [-0.39, 0.29) is 19.1 Å². The van der Waals surface area contributed by atoms with E-state index in [2.05, 4.69) is 5.32 Å². The number of nitrogens with one attached hydrogen (secondary N) is 1. The fraction of sp³-hybridized carbons (Fsp3) is 0.588. The first-order valence-electron chi connectivity index (χ1n) is 8.09. The van der Waals surface area contributed by atoms with Gasteiger partial charge in [-0.3, -0.25) is 4.79 Å². The quantitative estimate of drug-likeness (QED) is 0.584. The maximum Gasteiger partial charge on any atom is 0.256 e. The average Bonchev–Trinajstić information content (AvgIpc) is 2.59. The molecular weight excluding hydrogens is 312 g/mol. The lowest BCUT2D eigenvalue weighted by molar-refractivity contribution is -0.157. The molecule has 3 N–H and O–H groups in total. The Hall–Kier alpha value is -1.83. The van der Waals surface area contributed by atoms with Gasteiger partial charge in [-0.05, 0) is 18.9 Å². The van der Waals surface area contributed by atoms with Crippen molar-refractivity contribution in [3.8, 4) is 11.5 Å². The van der Waals surface area contributed by atoms with E-state index < -0.39 is 5.60 Å². The summed E-state index contributed by atoms with van der Waals surface area (Å²) in [6.07, 6.45) is 1.13. The number of carbonyl (C=O) groups excluding carboxylic acids is 1. The van der Waals surface area contributed by atoms with Gasteiger partial charge in [-0.15, -0.1) is 0 Å². The highest BCUT2D eigenvalue weighted by Crippen LogP contribution is 2.33. The molecule has 0 unspecified atom stereocenters. The zero-order chi connectivity index (χ0) is 17.6. The predicted molar refractivity (Wildman–Crippen MR) is 89.1 cm³/mol. The van der Waals surface area contributed by atoms with Crippen LogP contribution < -0.4 is 14.8 Å². The molecule has 1 aromatic rings. The minimum absolute atomic E-state index is 0.0327. The van der Waals surface area contributed by atoms with Gasteiger partial charge >= 0.3 is 0 Å². The molecule has 0 spiro atoms. The molecule has 7 nitrogen and oxygen atoms in total. The Morgan fingerprint density at radius 2 is 2.12 bits per heavy atom. The zero-order valence-electron chi connectivity index (χ0n) is 14.2. The van der Waals surface area contributed by atoms with E-state index in [9.17, 15) is 9.90 Å². The lowest BCUT2D eigenvalue weighted by Gasteiger charge is -2.38. The number of aliphatic hydroxyl groups is 2. The highest BCUT2D eigenvalue weighted by Gasteiger charge is 2.41. The Bertz CT molecular complexity index is 566. The molecule has 1 aliphatic rings. The summed E-state index contributed by atoms with van der Waals surface area (Å²) in [4.78, 5) is 14.3. The van der Waals surface area contributed by atoms with E-state index in [1.54, 1.807) is 25.2 Å². The summed E-state index contributed by atoms with van der Waals surface area (Å²) in [6.45, 7) is 1.38. The second-order valence-corrected chi connectivity index (χ2v) is 5.91. The molecule has 1 aliphatic heterocycles. The predicted octanol–water partition coefficient (Wildman–Crippen LogP) is 0.139. The molecule has 1 heterocycles. The van der Waals surface area contributed by atoms with Crippen molar-refractivity contribution in [1.29, 1.82) is 0 Å². The second kappa shape index (κ2) is 8.32. The van der Waals surface area contributed by atoms with Gasteiger partial charge in [0.2, 0.25) is 0 Å². The second-order valence-electron chi connectivity index (χ2n) is 5.91. The maximum atomic E-state index is 12.7. The van der Waals surface area contributed by atoms with E-state index in [1.807, 2.05) is 12.1 Å². The molecule has 0 aliphatic carbocycles. The van der Waals surface area contributed by atoms with Crippen LogP contribution >= 0.6 is 0 Å². The SMILES string of the molecule is COc1cccc(CN2CCC[C@](O)(CNCCO)C2=O)c1OC. The number of carbonyl (C=O) groups is 1. The number of benzene rings is 1. The van der Waals surface area contributed by atoms with Crippen LogP contribution in [0.15, 0.2) is 18.2 Å². The monoisotopic (exact) mass is 338 g/mol. The largest absolute Gasteiger partial charge is 0.493 e. The van der Waals surface area contributed by atoms with E-state index >= 15 is 0 Å². The number of piperidine rings is 1. The highest BCUT2D eigenvalue weighted by molar-refractivity contribution is 5.86. The molecule has 2 rings (SSSR count). The van der Waals surface area contributed by atoms with Crippen LogP contribution in [-0.2, 0) is 11.3 Å². The minimum atomic E-state index is -1.43. The summed E-state index contributed by atoms with van der Waals surface area (Å²) in [5, 5.41) is 22.4. The Labute approximate surface area is 142 Å². The molecule has 0 aromatic heterocycles. The van der Waals surface area contributed by atoms with Gasteiger partial charge in [-0.2, -0.15) is 0 Å². The number of rotatable bonds is 8. The Kier molecular flexibility index (Phi) is 6.42. The first kappa shape index (κ1) is 18.5. The normalized spacial score (nSPS) is 21.0. The van der Waals surface area contributed by atoms with Crippen molar-refractivity contribution < 1.29 is 24.5 Å². The number of nitrogens with zero attached hydrogens (tertiary/aromatic N) is 1. The van der Waals surface area contributed by atoms with E-state index in [0.717, 1.165) is 12.0 Å². The molecule has 24 heavy (non-hydrogen) atoms. The van der Waals surface area contributed by atoms with Crippen molar-refractivity contribution in [3.63, 3.8) is 0 Å². The van der Waals surface area contributed by atoms with Crippen LogP contribution in [0.5, 0.6) is 11.5 Å². The van der Waals surface area contributed by atoms with Gasteiger partial charge in [0.25, 0.3) is 5.91 Å². The fourth-order valence-corrected chi connectivity index (χ4v) is 3.04. The van der Waals surface area contributed by atoms with Crippen LogP contribution in [0, 0.1) is 0 Å². The Morgan fingerprint density at radius 1 is 1.33 bits per heavy atom.